The molecule has 2 aromatic carbocycles. The van der Waals surface area contributed by atoms with Crippen molar-refractivity contribution in [1.29, 1.82) is 0 Å². The van der Waals surface area contributed by atoms with Gasteiger partial charge < -0.3 is 0 Å². The third-order valence-electron chi connectivity index (χ3n) is 3.81. The van der Waals surface area contributed by atoms with Gasteiger partial charge in [0.05, 0.1) is 5.92 Å². The zero-order valence-corrected chi connectivity index (χ0v) is 10.9. The standard InChI is InChI=1S/C18H16O/c1-13-7-5-6-10-15(13)18(19)17-12-11-16(17)14-8-3-2-4-9-14/h2-12,16-17H,1H3/t16-,17-/m1/s1. The van der Waals surface area contributed by atoms with Gasteiger partial charge in [0.1, 0.15) is 0 Å². The molecule has 0 saturated carbocycles. The molecule has 0 aromatic heterocycles. The molecule has 2 atom stereocenters. The maximum Gasteiger partial charge on any atom is 0.170 e. The van der Waals surface area contributed by atoms with Crippen molar-refractivity contribution in [3.8, 4) is 0 Å². The summed E-state index contributed by atoms with van der Waals surface area (Å²) in [6.07, 6.45) is 4.14. The van der Waals surface area contributed by atoms with E-state index in [2.05, 4.69) is 18.2 Å². The number of Topliss-reactive ketones (excluding diaryl/α,β-unsaturated/α-hetero) is 1. The van der Waals surface area contributed by atoms with Crippen LogP contribution in [-0.4, -0.2) is 5.78 Å². The van der Waals surface area contributed by atoms with Crippen LogP contribution in [0.25, 0.3) is 0 Å². The highest BCUT2D eigenvalue weighted by atomic mass is 16.1. The summed E-state index contributed by atoms with van der Waals surface area (Å²) in [6, 6.07) is 18.0. The summed E-state index contributed by atoms with van der Waals surface area (Å²) in [7, 11) is 0. The van der Waals surface area contributed by atoms with E-state index in [1.165, 1.54) is 5.56 Å². The van der Waals surface area contributed by atoms with Crippen LogP contribution in [0.5, 0.6) is 0 Å². The Labute approximate surface area is 113 Å². The number of hydrogen-bond acceptors (Lipinski definition) is 1. The van der Waals surface area contributed by atoms with Crippen LogP contribution in [0.3, 0.4) is 0 Å². The molecule has 2 aromatic rings. The predicted octanol–water partition coefficient (Wildman–Crippen LogP) is 4.15. The van der Waals surface area contributed by atoms with Crippen LogP contribution in [0.2, 0.25) is 0 Å². The predicted molar refractivity (Wildman–Crippen MR) is 77.3 cm³/mol. The molecule has 0 saturated heterocycles. The molecule has 0 bridgehead atoms. The summed E-state index contributed by atoms with van der Waals surface area (Å²) < 4.78 is 0. The molecule has 0 aliphatic heterocycles. The summed E-state index contributed by atoms with van der Waals surface area (Å²) in [6.45, 7) is 1.99. The highest BCUT2D eigenvalue weighted by Crippen LogP contribution is 2.37. The van der Waals surface area contributed by atoms with E-state index in [-0.39, 0.29) is 17.6 Å². The van der Waals surface area contributed by atoms with E-state index in [0.717, 1.165) is 11.1 Å². The third kappa shape index (κ3) is 2.12. The van der Waals surface area contributed by atoms with E-state index in [4.69, 9.17) is 0 Å². The normalized spacial score (nSPS) is 20.9. The first-order valence-corrected chi connectivity index (χ1v) is 6.60. The van der Waals surface area contributed by atoms with Gasteiger partial charge in [-0.1, -0.05) is 66.7 Å². The number of ketones is 1. The van der Waals surface area contributed by atoms with Crippen molar-refractivity contribution in [2.75, 3.05) is 0 Å². The van der Waals surface area contributed by atoms with Gasteiger partial charge in [0.2, 0.25) is 0 Å². The Balaban J connectivity index is 1.87. The van der Waals surface area contributed by atoms with Gasteiger partial charge in [0.15, 0.2) is 5.78 Å². The Kier molecular flexibility index (Phi) is 3.04. The second-order valence-electron chi connectivity index (χ2n) is 5.03. The highest BCUT2D eigenvalue weighted by Gasteiger charge is 2.32. The van der Waals surface area contributed by atoms with E-state index in [0.29, 0.717) is 0 Å². The quantitative estimate of drug-likeness (QED) is 0.589. The molecule has 0 N–H and O–H groups in total. The van der Waals surface area contributed by atoms with Gasteiger partial charge in [-0.15, -0.1) is 0 Å². The number of rotatable bonds is 3. The molecule has 0 fully saturated rings. The molecular weight excluding hydrogens is 232 g/mol. The molecular formula is C18H16O. The largest absolute Gasteiger partial charge is 0.293 e. The number of allylic oxidation sites excluding steroid dienone is 2. The monoisotopic (exact) mass is 248 g/mol. The lowest BCUT2D eigenvalue weighted by molar-refractivity contribution is 0.0927. The number of aryl methyl sites for hydroxylation is 1. The third-order valence-corrected chi connectivity index (χ3v) is 3.81. The lowest BCUT2D eigenvalue weighted by atomic mass is 9.73. The minimum Gasteiger partial charge on any atom is -0.293 e. The molecule has 0 heterocycles. The molecule has 1 aliphatic rings. The van der Waals surface area contributed by atoms with Crippen molar-refractivity contribution < 1.29 is 4.79 Å². The maximum absolute atomic E-state index is 12.6. The SMILES string of the molecule is Cc1ccccc1C(=O)[C@@H]1C=C[C@@H]1c1ccccc1. The Morgan fingerprint density at radius 2 is 1.58 bits per heavy atom. The van der Waals surface area contributed by atoms with E-state index in [1.54, 1.807) is 0 Å². The Morgan fingerprint density at radius 3 is 2.21 bits per heavy atom. The number of benzene rings is 2. The molecule has 1 aliphatic carbocycles. The van der Waals surface area contributed by atoms with Gasteiger partial charge in [-0.25, -0.2) is 0 Å². The average molecular weight is 248 g/mol. The van der Waals surface area contributed by atoms with E-state index in [1.807, 2.05) is 55.5 Å². The molecule has 19 heavy (non-hydrogen) atoms. The lowest BCUT2D eigenvalue weighted by Gasteiger charge is -2.29. The van der Waals surface area contributed by atoms with Crippen molar-refractivity contribution in [1.82, 2.24) is 0 Å². The molecule has 3 rings (SSSR count). The van der Waals surface area contributed by atoms with Crippen molar-refractivity contribution in [2.45, 2.75) is 12.8 Å². The highest BCUT2D eigenvalue weighted by molar-refractivity contribution is 6.01. The Morgan fingerprint density at radius 1 is 0.895 bits per heavy atom. The Bertz CT molecular complexity index is 625. The fourth-order valence-corrected chi connectivity index (χ4v) is 2.61. The molecule has 94 valence electrons. The number of carbonyl (C=O) groups is 1. The molecule has 0 amide bonds. The second-order valence-corrected chi connectivity index (χ2v) is 5.03. The van der Waals surface area contributed by atoms with Crippen LogP contribution in [0, 0.1) is 12.8 Å². The van der Waals surface area contributed by atoms with Crippen molar-refractivity contribution in [3.05, 3.63) is 83.4 Å². The van der Waals surface area contributed by atoms with Gasteiger partial charge in [-0.05, 0) is 18.1 Å². The maximum atomic E-state index is 12.6. The first kappa shape index (κ1) is 11.9. The number of hydrogen-bond donors (Lipinski definition) is 0. The number of carbonyl (C=O) groups excluding carboxylic acids is 1. The first-order chi connectivity index (χ1) is 9.27. The smallest absolute Gasteiger partial charge is 0.170 e. The van der Waals surface area contributed by atoms with Crippen LogP contribution >= 0.6 is 0 Å². The van der Waals surface area contributed by atoms with Gasteiger partial charge in [-0.3, -0.25) is 4.79 Å². The summed E-state index contributed by atoms with van der Waals surface area (Å²) >= 11 is 0. The fourth-order valence-electron chi connectivity index (χ4n) is 2.61. The zero-order valence-electron chi connectivity index (χ0n) is 10.9. The van der Waals surface area contributed by atoms with Gasteiger partial charge in [0.25, 0.3) is 0 Å². The zero-order chi connectivity index (χ0) is 13.2. The molecule has 0 radical (unpaired) electrons. The Hall–Kier alpha value is -2.15. The van der Waals surface area contributed by atoms with Gasteiger partial charge in [-0.2, -0.15) is 0 Å². The minimum atomic E-state index is -0.0106. The molecule has 1 nitrogen and oxygen atoms in total. The van der Waals surface area contributed by atoms with E-state index in [9.17, 15) is 4.79 Å². The van der Waals surface area contributed by atoms with Gasteiger partial charge in [0, 0.05) is 11.5 Å². The van der Waals surface area contributed by atoms with E-state index < -0.39 is 0 Å². The van der Waals surface area contributed by atoms with Gasteiger partial charge >= 0.3 is 0 Å². The minimum absolute atomic E-state index is 0.0106. The van der Waals surface area contributed by atoms with Crippen LogP contribution < -0.4 is 0 Å². The van der Waals surface area contributed by atoms with Crippen LogP contribution in [0.4, 0.5) is 0 Å². The van der Waals surface area contributed by atoms with Crippen LogP contribution in [0.15, 0.2) is 66.7 Å². The summed E-state index contributed by atoms with van der Waals surface area (Å²) in [5, 5.41) is 0. The van der Waals surface area contributed by atoms with Crippen LogP contribution in [-0.2, 0) is 0 Å². The summed E-state index contributed by atoms with van der Waals surface area (Å²) in [5.41, 5.74) is 3.12. The molecule has 0 unspecified atom stereocenters. The van der Waals surface area contributed by atoms with E-state index >= 15 is 0 Å². The van der Waals surface area contributed by atoms with Crippen LogP contribution in [0.1, 0.15) is 27.4 Å². The topological polar surface area (TPSA) is 17.1 Å². The van der Waals surface area contributed by atoms with Crippen molar-refractivity contribution in [2.24, 2.45) is 5.92 Å². The summed E-state index contributed by atoms with van der Waals surface area (Å²) in [4.78, 5) is 12.6. The molecule has 0 spiro atoms. The van der Waals surface area contributed by atoms with Crippen molar-refractivity contribution >= 4 is 5.78 Å². The first-order valence-electron chi connectivity index (χ1n) is 6.60. The summed E-state index contributed by atoms with van der Waals surface area (Å²) in [5.74, 6) is 0.450. The second kappa shape index (κ2) is 4.85. The average Bonchev–Trinajstić information content (AvgIpc) is 2.39. The lowest BCUT2D eigenvalue weighted by Crippen LogP contribution is -2.26. The van der Waals surface area contributed by atoms with Crippen molar-refractivity contribution in [3.63, 3.8) is 0 Å². The molecule has 1 heteroatoms. The fraction of sp³-hybridized carbons (Fsp3) is 0.167.